The van der Waals surface area contributed by atoms with Gasteiger partial charge in [0.25, 0.3) is 10.0 Å². The average molecular weight is 310 g/mol. The van der Waals surface area contributed by atoms with Crippen LogP contribution in [0, 0.1) is 6.92 Å². The number of nitrogens with zero attached hydrogens (tertiary/aromatic N) is 2. The van der Waals surface area contributed by atoms with Crippen molar-refractivity contribution in [3.8, 4) is 0 Å². The van der Waals surface area contributed by atoms with Gasteiger partial charge in [0, 0.05) is 17.9 Å². The number of nitrogens with one attached hydrogen (secondary N) is 1. The number of aromatic nitrogens is 2. The number of alkyl halides is 1. The van der Waals surface area contributed by atoms with Crippen molar-refractivity contribution >= 4 is 26.0 Å². The van der Waals surface area contributed by atoms with Crippen molar-refractivity contribution in [1.29, 1.82) is 0 Å². The lowest BCUT2D eigenvalue weighted by Gasteiger charge is -2.32. The van der Waals surface area contributed by atoms with Crippen LogP contribution in [-0.2, 0) is 10.0 Å². The van der Waals surface area contributed by atoms with Crippen LogP contribution >= 0.6 is 15.9 Å². The largest absolute Gasteiger partial charge is 0.332 e. The van der Waals surface area contributed by atoms with Gasteiger partial charge in [0.2, 0.25) is 0 Å². The molecule has 0 bridgehead atoms. The Labute approximate surface area is 104 Å². The van der Waals surface area contributed by atoms with Gasteiger partial charge in [0.15, 0.2) is 5.03 Å². The minimum absolute atomic E-state index is 0.126. The maximum absolute atomic E-state index is 12.2. The first-order chi connectivity index (χ1) is 7.21. The molecule has 0 saturated carbocycles. The van der Waals surface area contributed by atoms with E-state index in [2.05, 4.69) is 25.9 Å². The molecule has 0 amide bonds. The molecule has 7 heteroatoms. The third-order valence-corrected chi connectivity index (χ3v) is 5.85. The topological polar surface area (TPSA) is 66.1 Å². The van der Waals surface area contributed by atoms with Gasteiger partial charge in [0.1, 0.15) is 5.82 Å². The predicted octanol–water partition coefficient (Wildman–Crippen LogP) is 1.51. The summed E-state index contributed by atoms with van der Waals surface area (Å²) in [6.45, 7) is 5.42. The second-order valence-corrected chi connectivity index (χ2v) is 6.75. The quantitative estimate of drug-likeness (QED) is 0.857. The number of rotatable bonds is 4. The Kier molecular flexibility index (Phi) is 3.81. The van der Waals surface area contributed by atoms with Gasteiger partial charge in [-0.15, -0.1) is 0 Å². The molecule has 1 aromatic heterocycles. The fourth-order valence-electron chi connectivity index (χ4n) is 1.09. The maximum Gasteiger partial charge on any atom is 0.260 e. The lowest BCUT2D eigenvalue weighted by Crippen LogP contribution is -2.46. The highest BCUT2D eigenvalue weighted by atomic mass is 79.9. The van der Waals surface area contributed by atoms with Gasteiger partial charge < -0.3 is 4.98 Å². The number of imidazole rings is 1. The first-order valence-corrected chi connectivity index (χ1v) is 7.34. The van der Waals surface area contributed by atoms with Gasteiger partial charge in [-0.1, -0.05) is 15.9 Å². The molecule has 16 heavy (non-hydrogen) atoms. The van der Waals surface area contributed by atoms with Gasteiger partial charge in [-0.05, 0) is 20.8 Å². The fraction of sp³-hybridized carbons (Fsp3) is 0.667. The van der Waals surface area contributed by atoms with Crippen molar-refractivity contribution in [2.75, 3.05) is 12.4 Å². The highest BCUT2D eigenvalue weighted by molar-refractivity contribution is 9.09. The van der Waals surface area contributed by atoms with Crippen molar-refractivity contribution < 1.29 is 8.42 Å². The second kappa shape index (κ2) is 4.46. The molecule has 0 aliphatic heterocycles. The molecule has 0 aliphatic carbocycles. The van der Waals surface area contributed by atoms with E-state index < -0.39 is 15.6 Å². The van der Waals surface area contributed by atoms with Crippen LogP contribution in [0.15, 0.2) is 11.2 Å². The first-order valence-electron chi connectivity index (χ1n) is 4.78. The van der Waals surface area contributed by atoms with E-state index in [-0.39, 0.29) is 5.03 Å². The van der Waals surface area contributed by atoms with Crippen molar-refractivity contribution in [3.05, 3.63) is 12.0 Å². The molecule has 0 saturated heterocycles. The van der Waals surface area contributed by atoms with Crippen LogP contribution in [-0.4, -0.2) is 40.6 Å². The molecule has 0 atom stereocenters. The maximum atomic E-state index is 12.2. The first kappa shape index (κ1) is 13.7. The smallest absolute Gasteiger partial charge is 0.260 e. The molecule has 92 valence electrons. The van der Waals surface area contributed by atoms with Crippen LogP contribution in [0.3, 0.4) is 0 Å². The summed E-state index contributed by atoms with van der Waals surface area (Å²) < 4.78 is 25.7. The Balaban J connectivity index is 3.13. The van der Waals surface area contributed by atoms with Crippen molar-refractivity contribution in [2.24, 2.45) is 0 Å². The summed E-state index contributed by atoms with van der Waals surface area (Å²) >= 11 is 3.31. The Morgan fingerprint density at radius 1 is 1.56 bits per heavy atom. The molecule has 0 aliphatic rings. The summed E-state index contributed by atoms with van der Waals surface area (Å²) in [4.78, 5) is 6.64. The van der Waals surface area contributed by atoms with Gasteiger partial charge in [-0.2, -0.15) is 4.31 Å². The van der Waals surface area contributed by atoms with Crippen LogP contribution in [0.4, 0.5) is 0 Å². The molecular weight excluding hydrogens is 294 g/mol. The minimum atomic E-state index is -3.50. The number of H-pyrrole nitrogens is 1. The monoisotopic (exact) mass is 309 g/mol. The highest BCUT2D eigenvalue weighted by Gasteiger charge is 2.34. The zero-order chi connectivity index (χ0) is 12.6. The summed E-state index contributed by atoms with van der Waals surface area (Å²) in [5.74, 6) is 0.587. The number of halogens is 1. The number of aryl methyl sites for hydroxylation is 1. The summed E-state index contributed by atoms with van der Waals surface area (Å²) in [6.07, 6.45) is 1.34. The molecule has 1 N–H and O–H groups in total. The molecule has 0 fully saturated rings. The number of hydrogen-bond donors (Lipinski definition) is 1. The Morgan fingerprint density at radius 3 is 2.50 bits per heavy atom. The predicted molar refractivity (Wildman–Crippen MR) is 66.1 cm³/mol. The van der Waals surface area contributed by atoms with Crippen LogP contribution in [0.25, 0.3) is 0 Å². The molecule has 0 unspecified atom stereocenters. The standard InChI is InChI=1S/C9H16BrN3O2S/c1-7-11-5-8(12-7)16(14,15)13(4)9(2,3)6-10/h5H,6H2,1-4H3,(H,11,12). The summed E-state index contributed by atoms with van der Waals surface area (Å²) in [6, 6.07) is 0. The fourth-order valence-corrected chi connectivity index (χ4v) is 3.10. The number of hydrogen-bond acceptors (Lipinski definition) is 3. The molecule has 0 spiro atoms. The van der Waals surface area contributed by atoms with E-state index in [0.717, 1.165) is 0 Å². The van der Waals surface area contributed by atoms with E-state index in [4.69, 9.17) is 0 Å². The van der Waals surface area contributed by atoms with E-state index >= 15 is 0 Å². The minimum Gasteiger partial charge on any atom is -0.332 e. The molecule has 0 aromatic carbocycles. The average Bonchev–Trinajstić information content (AvgIpc) is 2.64. The molecule has 0 radical (unpaired) electrons. The van der Waals surface area contributed by atoms with Crippen molar-refractivity contribution in [1.82, 2.24) is 14.3 Å². The zero-order valence-electron chi connectivity index (χ0n) is 9.78. The van der Waals surface area contributed by atoms with Gasteiger partial charge >= 0.3 is 0 Å². The summed E-state index contributed by atoms with van der Waals surface area (Å²) in [5, 5.41) is 0.685. The lowest BCUT2D eigenvalue weighted by molar-refractivity contribution is 0.298. The molecule has 1 aromatic rings. The number of sulfonamides is 1. The normalized spacial score (nSPS) is 13.4. The third kappa shape index (κ3) is 2.46. The molecule has 1 heterocycles. The van der Waals surface area contributed by atoms with Gasteiger partial charge in [0.05, 0.1) is 6.20 Å². The Morgan fingerprint density at radius 2 is 2.12 bits per heavy atom. The van der Waals surface area contributed by atoms with Crippen molar-refractivity contribution in [3.63, 3.8) is 0 Å². The van der Waals surface area contributed by atoms with Crippen molar-refractivity contribution in [2.45, 2.75) is 31.3 Å². The highest BCUT2D eigenvalue weighted by Crippen LogP contribution is 2.23. The van der Waals surface area contributed by atoms with Crippen LogP contribution in [0.1, 0.15) is 19.7 Å². The van der Waals surface area contributed by atoms with Crippen LogP contribution < -0.4 is 0 Å². The van der Waals surface area contributed by atoms with E-state index in [1.807, 2.05) is 13.8 Å². The second-order valence-electron chi connectivity index (χ2n) is 4.25. The molecular formula is C9H16BrN3O2S. The SMILES string of the molecule is Cc1ncc(S(=O)(=O)N(C)C(C)(C)CBr)[nH]1. The Bertz CT molecular complexity index is 467. The van der Waals surface area contributed by atoms with Crippen LogP contribution in [0.5, 0.6) is 0 Å². The number of aromatic amines is 1. The summed E-state index contributed by atoms with van der Waals surface area (Å²) in [7, 11) is -1.94. The van der Waals surface area contributed by atoms with Crippen LogP contribution in [0.2, 0.25) is 0 Å². The summed E-state index contributed by atoms with van der Waals surface area (Å²) in [5.41, 5.74) is -0.488. The van der Waals surface area contributed by atoms with E-state index in [0.29, 0.717) is 11.2 Å². The van der Waals surface area contributed by atoms with E-state index in [9.17, 15) is 8.42 Å². The van der Waals surface area contributed by atoms with E-state index in [1.54, 1.807) is 14.0 Å². The van der Waals surface area contributed by atoms with E-state index in [1.165, 1.54) is 10.5 Å². The van der Waals surface area contributed by atoms with Gasteiger partial charge in [-0.3, -0.25) is 0 Å². The third-order valence-electron chi connectivity index (χ3n) is 2.50. The van der Waals surface area contributed by atoms with Gasteiger partial charge in [-0.25, -0.2) is 13.4 Å². The zero-order valence-corrected chi connectivity index (χ0v) is 12.2. The molecule has 1 rings (SSSR count). The lowest BCUT2D eigenvalue weighted by atomic mass is 10.1. The Hall–Kier alpha value is -0.400. The molecule has 5 nitrogen and oxygen atoms in total.